The van der Waals surface area contributed by atoms with Crippen molar-refractivity contribution in [2.75, 3.05) is 38.0 Å². The van der Waals surface area contributed by atoms with Gasteiger partial charge in [-0.1, -0.05) is 19.1 Å². The zero-order chi connectivity index (χ0) is 21.5. The molecule has 0 aromatic heterocycles. The first-order valence-corrected chi connectivity index (χ1v) is 11.1. The largest absolute Gasteiger partial charge is 0.490 e. The van der Waals surface area contributed by atoms with E-state index in [1.807, 2.05) is 48.5 Å². The van der Waals surface area contributed by atoms with Gasteiger partial charge in [0.1, 0.15) is 11.9 Å². The average molecular weight is 422 g/mol. The van der Waals surface area contributed by atoms with E-state index in [-0.39, 0.29) is 12.0 Å². The Bertz CT molecular complexity index is 887. The van der Waals surface area contributed by atoms with Crippen LogP contribution in [0.4, 0.5) is 5.69 Å². The molecule has 0 spiro atoms. The zero-order valence-electron chi connectivity index (χ0n) is 18.1. The fourth-order valence-corrected chi connectivity index (χ4v) is 3.83. The van der Waals surface area contributed by atoms with E-state index in [4.69, 9.17) is 4.74 Å². The molecule has 1 saturated heterocycles. The number of nitrogens with zero attached hydrogens (tertiary/aromatic N) is 2. The highest BCUT2D eigenvalue weighted by Gasteiger charge is 2.19. The number of amides is 1. The van der Waals surface area contributed by atoms with Gasteiger partial charge in [0, 0.05) is 37.4 Å². The first-order valence-electron chi connectivity index (χ1n) is 11.1. The third-order valence-corrected chi connectivity index (χ3v) is 5.74. The molecule has 3 N–H and O–H groups in total. The molecule has 0 atom stereocenters. The van der Waals surface area contributed by atoms with Crippen molar-refractivity contribution in [2.45, 2.75) is 32.4 Å². The van der Waals surface area contributed by atoms with Gasteiger partial charge < -0.3 is 25.6 Å². The monoisotopic (exact) mass is 421 g/mol. The summed E-state index contributed by atoms with van der Waals surface area (Å²) in [5.74, 6) is 1.55. The summed E-state index contributed by atoms with van der Waals surface area (Å²) in [5.41, 5.74) is 2.65. The molecule has 2 aliphatic rings. The molecule has 0 radical (unpaired) electrons. The Labute approximate surface area is 183 Å². The van der Waals surface area contributed by atoms with Crippen molar-refractivity contribution < 1.29 is 9.53 Å². The Morgan fingerprint density at radius 2 is 1.87 bits per heavy atom. The zero-order valence-corrected chi connectivity index (χ0v) is 18.1. The minimum atomic E-state index is -0.0884. The fraction of sp³-hybridized carbons (Fsp3) is 0.417. The van der Waals surface area contributed by atoms with Gasteiger partial charge in [0.15, 0.2) is 5.96 Å². The first-order chi connectivity index (χ1) is 15.2. The fourth-order valence-electron chi connectivity index (χ4n) is 3.83. The van der Waals surface area contributed by atoms with Crippen molar-refractivity contribution in [1.29, 1.82) is 0 Å². The summed E-state index contributed by atoms with van der Waals surface area (Å²) in [6, 6.07) is 15.4. The van der Waals surface area contributed by atoms with Crippen molar-refractivity contribution >= 4 is 17.6 Å². The number of benzene rings is 2. The van der Waals surface area contributed by atoms with Crippen molar-refractivity contribution in [3.05, 3.63) is 59.7 Å². The summed E-state index contributed by atoms with van der Waals surface area (Å²) >= 11 is 0. The summed E-state index contributed by atoms with van der Waals surface area (Å²) < 4.78 is 6.09. The third-order valence-electron chi connectivity index (χ3n) is 5.74. The second-order valence-corrected chi connectivity index (χ2v) is 7.94. The topological polar surface area (TPSA) is 78.0 Å². The van der Waals surface area contributed by atoms with Gasteiger partial charge in [-0.3, -0.25) is 9.79 Å². The number of carbonyl (C=O) groups excluding carboxylic acids is 1. The van der Waals surface area contributed by atoms with Gasteiger partial charge >= 0.3 is 0 Å². The quantitative estimate of drug-likeness (QED) is 0.641. The van der Waals surface area contributed by atoms with Crippen LogP contribution in [0.2, 0.25) is 0 Å². The van der Waals surface area contributed by atoms with Crippen LogP contribution in [0.1, 0.15) is 35.7 Å². The Balaban J connectivity index is 1.23. The maximum absolute atomic E-state index is 12.5. The SMILES string of the molecule is CCN1CCC(Oc2ccc(C(=O)NCc3ccc(NC4=NCCN4)cc3)cc2)CC1. The van der Waals surface area contributed by atoms with Gasteiger partial charge in [-0.05, 0) is 61.3 Å². The van der Waals surface area contributed by atoms with Gasteiger partial charge in [-0.25, -0.2) is 0 Å². The number of likely N-dealkylation sites (tertiary alicyclic amines) is 1. The van der Waals surface area contributed by atoms with Crippen LogP contribution in [0.25, 0.3) is 0 Å². The molecule has 2 aliphatic heterocycles. The van der Waals surface area contributed by atoms with Gasteiger partial charge in [-0.15, -0.1) is 0 Å². The predicted octanol–water partition coefficient (Wildman–Crippen LogP) is 2.85. The van der Waals surface area contributed by atoms with Gasteiger partial charge in [-0.2, -0.15) is 0 Å². The van der Waals surface area contributed by atoms with E-state index >= 15 is 0 Å². The lowest BCUT2D eigenvalue weighted by Gasteiger charge is -2.31. The Morgan fingerprint density at radius 1 is 1.13 bits per heavy atom. The number of rotatable bonds is 7. The van der Waals surface area contributed by atoms with Crippen LogP contribution < -0.4 is 20.7 Å². The van der Waals surface area contributed by atoms with E-state index in [2.05, 4.69) is 32.8 Å². The Hall–Kier alpha value is -3.06. The summed E-state index contributed by atoms with van der Waals surface area (Å²) in [6.07, 6.45) is 2.36. The number of aliphatic imine (C=N–C) groups is 1. The molecule has 0 bridgehead atoms. The molecule has 31 heavy (non-hydrogen) atoms. The highest BCUT2D eigenvalue weighted by Crippen LogP contribution is 2.19. The van der Waals surface area contributed by atoms with Crippen LogP contribution in [-0.2, 0) is 6.54 Å². The van der Waals surface area contributed by atoms with E-state index in [1.165, 1.54) is 0 Å². The van der Waals surface area contributed by atoms with E-state index in [9.17, 15) is 4.79 Å². The van der Waals surface area contributed by atoms with Crippen molar-refractivity contribution in [3.8, 4) is 5.75 Å². The number of ether oxygens (including phenoxy) is 1. The molecule has 0 aliphatic carbocycles. The number of nitrogens with one attached hydrogen (secondary N) is 3. The lowest BCUT2D eigenvalue weighted by atomic mass is 10.1. The standard InChI is InChI=1S/C24H31N5O2/c1-2-29-15-11-22(12-16-29)31-21-9-5-19(6-10-21)23(30)27-17-18-3-7-20(8-4-18)28-24-25-13-14-26-24/h3-10,22H,2,11-17H2,1H3,(H,27,30)(H2,25,26,28). The summed E-state index contributed by atoms with van der Waals surface area (Å²) in [4.78, 5) is 19.3. The minimum absolute atomic E-state index is 0.0884. The molecular formula is C24H31N5O2. The van der Waals surface area contributed by atoms with Crippen LogP contribution >= 0.6 is 0 Å². The molecule has 7 nitrogen and oxygen atoms in total. The molecular weight excluding hydrogens is 390 g/mol. The van der Waals surface area contributed by atoms with Gasteiger partial charge in [0.05, 0.1) is 6.54 Å². The van der Waals surface area contributed by atoms with E-state index in [1.54, 1.807) is 0 Å². The smallest absolute Gasteiger partial charge is 0.251 e. The van der Waals surface area contributed by atoms with Crippen molar-refractivity contribution in [2.24, 2.45) is 4.99 Å². The van der Waals surface area contributed by atoms with E-state index < -0.39 is 0 Å². The molecule has 7 heteroatoms. The lowest BCUT2D eigenvalue weighted by molar-refractivity contribution is 0.0950. The van der Waals surface area contributed by atoms with Gasteiger partial charge in [0.2, 0.25) is 0 Å². The summed E-state index contributed by atoms with van der Waals surface area (Å²) in [7, 11) is 0. The number of guanidine groups is 1. The second kappa shape index (κ2) is 10.3. The Morgan fingerprint density at radius 3 is 2.52 bits per heavy atom. The summed E-state index contributed by atoms with van der Waals surface area (Å²) in [6.45, 7) is 7.63. The van der Waals surface area contributed by atoms with Crippen molar-refractivity contribution in [3.63, 3.8) is 0 Å². The number of carbonyl (C=O) groups is 1. The van der Waals surface area contributed by atoms with E-state index in [0.29, 0.717) is 12.1 Å². The molecule has 0 saturated carbocycles. The second-order valence-electron chi connectivity index (χ2n) is 7.94. The molecule has 2 aromatic rings. The number of hydrogen-bond donors (Lipinski definition) is 3. The maximum Gasteiger partial charge on any atom is 0.251 e. The predicted molar refractivity (Wildman–Crippen MR) is 124 cm³/mol. The highest BCUT2D eigenvalue weighted by atomic mass is 16.5. The highest BCUT2D eigenvalue weighted by molar-refractivity contribution is 5.95. The molecule has 4 rings (SSSR count). The minimum Gasteiger partial charge on any atom is -0.490 e. The lowest BCUT2D eigenvalue weighted by Crippen LogP contribution is -2.37. The third kappa shape index (κ3) is 5.98. The summed E-state index contributed by atoms with van der Waals surface area (Å²) in [5, 5.41) is 9.39. The molecule has 0 unspecified atom stereocenters. The molecule has 2 heterocycles. The van der Waals surface area contributed by atoms with Crippen molar-refractivity contribution in [1.82, 2.24) is 15.5 Å². The average Bonchev–Trinajstić information content (AvgIpc) is 3.32. The number of piperidine rings is 1. The van der Waals surface area contributed by atoms with Crippen LogP contribution in [0.3, 0.4) is 0 Å². The number of anilines is 1. The molecule has 1 fully saturated rings. The van der Waals surface area contributed by atoms with Crippen LogP contribution in [0.15, 0.2) is 53.5 Å². The number of hydrogen-bond acceptors (Lipinski definition) is 6. The first kappa shape index (κ1) is 21.2. The molecule has 1 amide bonds. The van der Waals surface area contributed by atoms with E-state index in [0.717, 1.165) is 68.5 Å². The van der Waals surface area contributed by atoms with Crippen LogP contribution in [0, 0.1) is 0 Å². The van der Waals surface area contributed by atoms with Crippen LogP contribution in [-0.4, -0.2) is 55.6 Å². The maximum atomic E-state index is 12.5. The van der Waals surface area contributed by atoms with Crippen LogP contribution in [0.5, 0.6) is 5.75 Å². The molecule has 164 valence electrons. The van der Waals surface area contributed by atoms with Gasteiger partial charge in [0.25, 0.3) is 5.91 Å². The Kier molecular flexibility index (Phi) is 7.04. The molecule has 2 aromatic carbocycles. The normalized spacial score (nSPS) is 17.0.